The first kappa shape index (κ1) is 17.9. The maximum Gasteiger partial charge on any atom is 0.221 e. The van der Waals surface area contributed by atoms with Crippen LogP contribution in [-0.4, -0.2) is 38.5 Å². The van der Waals surface area contributed by atoms with Gasteiger partial charge in [-0.25, -0.2) is 12.7 Å². The van der Waals surface area contributed by atoms with Crippen LogP contribution in [0, 0.1) is 0 Å². The second-order valence-corrected chi connectivity index (χ2v) is 8.68. The summed E-state index contributed by atoms with van der Waals surface area (Å²) in [6, 6.07) is 6.28. The molecule has 0 unspecified atom stereocenters. The lowest BCUT2D eigenvalue weighted by molar-refractivity contribution is -0.121. The normalized spacial score (nSPS) is 16.0. The Kier molecular flexibility index (Phi) is 5.81. The predicted molar refractivity (Wildman–Crippen MR) is 91.7 cm³/mol. The number of rotatable bonds is 6. The number of nitrogens with zero attached hydrogens (tertiary/aromatic N) is 1. The van der Waals surface area contributed by atoms with Crippen LogP contribution < -0.4 is 5.32 Å². The molecule has 0 aliphatic heterocycles. The molecule has 0 fully saturated rings. The minimum Gasteiger partial charge on any atom is -0.350 e. The molecule has 0 saturated carbocycles. The van der Waals surface area contributed by atoms with Crippen LogP contribution in [0.15, 0.2) is 18.2 Å². The van der Waals surface area contributed by atoms with Crippen LogP contribution in [-0.2, 0) is 27.7 Å². The summed E-state index contributed by atoms with van der Waals surface area (Å²) in [6.07, 6.45) is 4.69. The molecule has 0 radical (unpaired) electrons. The third-order valence-corrected chi connectivity index (χ3v) is 6.23. The quantitative estimate of drug-likeness (QED) is 0.863. The number of amides is 1. The Morgan fingerprint density at radius 1 is 1.22 bits per heavy atom. The summed E-state index contributed by atoms with van der Waals surface area (Å²) in [5.41, 5.74) is 3.87. The number of hydrogen-bond donors (Lipinski definition) is 1. The van der Waals surface area contributed by atoms with Crippen molar-refractivity contribution >= 4 is 15.9 Å². The Bertz CT molecular complexity index is 668. The summed E-state index contributed by atoms with van der Waals surface area (Å²) in [5, 5.41) is 2.89. The first-order valence-corrected chi connectivity index (χ1v) is 9.72. The number of aryl methyl sites for hydroxylation is 2. The van der Waals surface area contributed by atoms with Crippen molar-refractivity contribution in [3.05, 3.63) is 34.9 Å². The number of sulfonamides is 1. The summed E-state index contributed by atoms with van der Waals surface area (Å²) in [6.45, 7) is 1.93. The smallest absolute Gasteiger partial charge is 0.221 e. The van der Waals surface area contributed by atoms with Crippen molar-refractivity contribution in [1.82, 2.24) is 9.62 Å². The molecule has 1 atom stereocenters. The highest BCUT2D eigenvalue weighted by molar-refractivity contribution is 7.89. The van der Waals surface area contributed by atoms with E-state index in [1.54, 1.807) is 0 Å². The van der Waals surface area contributed by atoms with Gasteiger partial charge in [0.15, 0.2) is 0 Å². The summed E-state index contributed by atoms with van der Waals surface area (Å²) in [5.74, 6) is -0.399. The number of nitrogens with one attached hydrogen (secondary N) is 1. The largest absolute Gasteiger partial charge is 0.350 e. The lowest BCUT2D eigenvalue weighted by Gasteiger charge is -2.20. The predicted octanol–water partition coefficient (Wildman–Crippen LogP) is 2.02. The van der Waals surface area contributed by atoms with Crippen molar-refractivity contribution in [2.24, 2.45) is 0 Å². The summed E-state index contributed by atoms with van der Waals surface area (Å²) in [4.78, 5) is 12.0. The van der Waals surface area contributed by atoms with Crippen molar-refractivity contribution in [3.63, 3.8) is 0 Å². The van der Waals surface area contributed by atoms with Crippen LogP contribution in [0.2, 0.25) is 0 Å². The molecular formula is C17H26N2O3S. The summed E-state index contributed by atoms with van der Waals surface area (Å²) >= 11 is 0. The van der Waals surface area contributed by atoms with Gasteiger partial charge in [-0.15, -0.1) is 0 Å². The molecule has 2 rings (SSSR count). The van der Waals surface area contributed by atoms with Crippen molar-refractivity contribution in [2.75, 3.05) is 19.8 Å². The Balaban J connectivity index is 1.93. The lowest BCUT2D eigenvalue weighted by Crippen LogP contribution is -2.31. The fourth-order valence-electron chi connectivity index (χ4n) is 2.82. The monoisotopic (exact) mass is 338 g/mol. The molecule has 128 valence electrons. The standard InChI is InChI=1S/C17H26N2O3S/c1-13(18-17(20)10-11-23(21,22)19(2)3)15-9-8-14-6-4-5-7-16(14)12-15/h8-9,12-13H,4-7,10-11H2,1-3H3,(H,18,20)/t13-/m0/s1. The van der Waals surface area contributed by atoms with E-state index in [0.717, 1.165) is 22.7 Å². The van der Waals surface area contributed by atoms with Gasteiger partial charge in [0.25, 0.3) is 0 Å². The highest BCUT2D eigenvalue weighted by Crippen LogP contribution is 2.24. The third-order valence-electron chi connectivity index (χ3n) is 4.39. The second-order valence-electron chi connectivity index (χ2n) is 6.37. The van der Waals surface area contributed by atoms with E-state index >= 15 is 0 Å². The average molecular weight is 338 g/mol. The van der Waals surface area contributed by atoms with E-state index in [9.17, 15) is 13.2 Å². The van der Waals surface area contributed by atoms with Crippen molar-refractivity contribution < 1.29 is 13.2 Å². The first-order valence-electron chi connectivity index (χ1n) is 8.11. The zero-order valence-electron chi connectivity index (χ0n) is 14.1. The van der Waals surface area contributed by atoms with Crippen molar-refractivity contribution in [2.45, 2.75) is 45.1 Å². The maximum absolute atomic E-state index is 12.0. The van der Waals surface area contributed by atoms with Gasteiger partial charge in [0, 0.05) is 20.5 Å². The van der Waals surface area contributed by atoms with E-state index < -0.39 is 10.0 Å². The molecule has 23 heavy (non-hydrogen) atoms. The zero-order chi connectivity index (χ0) is 17.0. The first-order chi connectivity index (χ1) is 10.8. The summed E-state index contributed by atoms with van der Waals surface area (Å²) in [7, 11) is -0.383. The molecule has 1 N–H and O–H groups in total. The molecule has 0 saturated heterocycles. The molecular weight excluding hydrogens is 312 g/mol. The van der Waals surface area contributed by atoms with Gasteiger partial charge in [-0.2, -0.15) is 0 Å². The molecule has 1 aromatic rings. The van der Waals surface area contributed by atoms with E-state index in [1.807, 2.05) is 6.92 Å². The molecule has 5 nitrogen and oxygen atoms in total. The lowest BCUT2D eigenvalue weighted by atomic mass is 9.89. The SMILES string of the molecule is C[C@H](NC(=O)CCS(=O)(=O)N(C)C)c1ccc2c(c1)CCCC2. The zero-order valence-corrected chi connectivity index (χ0v) is 14.9. The Hall–Kier alpha value is -1.40. The highest BCUT2D eigenvalue weighted by atomic mass is 32.2. The van der Waals surface area contributed by atoms with E-state index in [-0.39, 0.29) is 24.1 Å². The van der Waals surface area contributed by atoms with Crippen LogP contribution >= 0.6 is 0 Å². The number of benzene rings is 1. The molecule has 1 aliphatic carbocycles. The number of carbonyl (C=O) groups excluding carboxylic acids is 1. The molecule has 0 bridgehead atoms. The average Bonchev–Trinajstić information content (AvgIpc) is 2.52. The Morgan fingerprint density at radius 3 is 2.52 bits per heavy atom. The fraction of sp³-hybridized carbons (Fsp3) is 0.588. The minimum atomic E-state index is -3.33. The van der Waals surface area contributed by atoms with Gasteiger partial charge in [0.05, 0.1) is 11.8 Å². The van der Waals surface area contributed by atoms with E-state index in [0.29, 0.717) is 0 Å². The molecule has 6 heteroatoms. The fourth-order valence-corrected chi connectivity index (χ4v) is 3.63. The van der Waals surface area contributed by atoms with E-state index in [2.05, 4.69) is 23.5 Å². The van der Waals surface area contributed by atoms with Gasteiger partial charge in [-0.05, 0) is 49.3 Å². The van der Waals surface area contributed by atoms with Crippen LogP contribution in [0.25, 0.3) is 0 Å². The van der Waals surface area contributed by atoms with Gasteiger partial charge < -0.3 is 5.32 Å². The van der Waals surface area contributed by atoms with Gasteiger partial charge in [0.2, 0.25) is 15.9 Å². The second kappa shape index (κ2) is 7.45. The number of carbonyl (C=O) groups is 1. The van der Waals surface area contributed by atoms with Gasteiger partial charge >= 0.3 is 0 Å². The topological polar surface area (TPSA) is 66.5 Å². The van der Waals surface area contributed by atoms with E-state index in [1.165, 1.54) is 38.1 Å². The number of fused-ring (bicyclic) bond motifs is 1. The maximum atomic E-state index is 12.0. The highest BCUT2D eigenvalue weighted by Gasteiger charge is 2.18. The van der Waals surface area contributed by atoms with Gasteiger partial charge in [0.1, 0.15) is 0 Å². The Morgan fingerprint density at radius 2 is 1.87 bits per heavy atom. The molecule has 0 spiro atoms. The minimum absolute atomic E-state index is 0.0181. The molecule has 1 amide bonds. The Labute approximate surface area is 139 Å². The van der Waals surface area contributed by atoms with Crippen LogP contribution in [0.3, 0.4) is 0 Å². The number of hydrogen-bond acceptors (Lipinski definition) is 3. The van der Waals surface area contributed by atoms with Crippen LogP contribution in [0.4, 0.5) is 0 Å². The van der Waals surface area contributed by atoms with Crippen molar-refractivity contribution in [3.8, 4) is 0 Å². The third kappa shape index (κ3) is 4.78. The van der Waals surface area contributed by atoms with Gasteiger partial charge in [-0.1, -0.05) is 18.2 Å². The van der Waals surface area contributed by atoms with Crippen molar-refractivity contribution in [1.29, 1.82) is 0 Å². The van der Waals surface area contributed by atoms with Crippen LogP contribution in [0.5, 0.6) is 0 Å². The van der Waals surface area contributed by atoms with Gasteiger partial charge in [-0.3, -0.25) is 4.79 Å². The van der Waals surface area contributed by atoms with Crippen LogP contribution in [0.1, 0.15) is 48.9 Å². The molecule has 0 aromatic heterocycles. The molecule has 1 aliphatic rings. The molecule has 0 heterocycles. The molecule has 1 aromatic carbocycles. The van der Waals surface area contributed by atoms with E-state index in [4.69, 9.17) is 0 Å². The summed E-state index contributed by atoms with van der Waals surface area (Å²) < 4.78 is 24.5.